The molecule has 0 aliphatic heterocycles. The molecule has 0 amide bonds. The SMILES string of the molecule is OC(Cc1ccncc1)c1ccc(F)c(F)c1F. The predicted molar refractivity (Wildman–Crippen MR) is 59.2 cm³/mol. The molecule has 2 rings (SSSR count). The minimum atomic E-state index is -1.57. The molecular weight excluding hydrogens is 243 g/mol. The van der Waals surface area contributed by atoms with Crippen LogP contribution in [0.25, 0.3) is 0 Å². The average Bonchev–Trinajstić information content (AvgIpc) is 2.37. The van der Waals surface area contributed by atoms with E-state index >= 15 is 0 Å². The minimum Gasteiger partial charge on any atom is -0.388 e. The van der Waals surface area contributed by atoms with Gasteiger partial charge in [0.25, 0.3) is 0 Å². The average molecular weight is 253 g/mol. The summed E-state index contributed by atoms with van der Waals surface area (Å²) in [5, 5.41) is 9.82. The molecule has 2 aromatic rings. The molecule has 0 radical (unpaired) electrons. The highest BCUT2D eigenvalue weighted by atomic mass is 19.2. The van der Waals surface area contributed by atoms with Crippen LogP contribution in [0.1, 0.15) is 17.2 Å². The van der Waals surface area contributed by atoms with E-state index in [0.717, 1.165) is 17.7 Å². The zero-order valence-corrected chi connectivity index (χ0v) is 9.28. The van der Waals surface area contributed by atoms with Crippen molar-refractivity contribution in [3.05, 3.63) is 65.2 Å². The van der Waals surface area contributed by atoms with Crippen LogP contribution in [-0.2, 0) is 6.42 Å². The molecule has 0 saturated carbocycles. The summed E-state index contributed by atoms with van der Waals surface area (Å²) in [5.74, 6) is -4.19. The highest BCUT2D eigenvalue weighted by molar-refractivity contribution is 5.24. The quantitative estimate of drug-likeness (QED) is 0.853. The summed E-state index contributed by atoms with van der Waals surface area (Å²) >= 11 is 0. The molecule has 94 valence electrons. The van der Waals surface area contributed by atoms with Gasteiger partial charge in [0.2, 0.25) is 0 Å². The van der Waals surface area contributed by atoms with E-state index in [2.05, 4.69) is 4.98 Å². The molecule has 0 spiro atoms. The van der Waals surface area contributed by atoms with E-state index in [1.807, 2.05) is 0 Å². The highest BCUT2D eigenvalue weighted by Gasteiger charge is 2.19. The molecule has 0 aliphatic carbocycles. The number of aliphatic hydroxyl groups is 1. The fourth-order valence-corrected chi connectivity index (χ4v) is 1.65. The van der Waals surface area contributed by atoms with Crippen LogP contribution in [0.4, 0.5) is 13.2 Å². The number of aromatic nitrogens is 1. The van der Waals surface area contributed by atoms with Gasteiger partial charge in [0.1, 0.15) is 0 Å². The lowest BCUT2D eigenvalue weighted by molar-refractivity contribution is 0.172. The number of hydrogen-bond acceptors (Lipinski definition) is 2. The summed E-state index contributed by atoms with van der Waals surface area (Å²) in [7, 11) is 0. The number of rotatable bonds is 3. The van der Waals surface area contributed by atoms with Crippen molar-refractivity contribution < 1.29 is 18.3 Å². The second kappa shape index (κ2) is 5.18. The second-order valence-electron chi connectivity index (χ2n) is 3.84. The first-order valence-corrected chi connectivity index (χ1v) is 5.30. The number of benzene rings is 1. The molecule has 1 unspecified atom stereocenters. The summed E-state index contributed by atoms with van der Waals surface area (Å²) in [5.41, 5.74) is 0.465. The summed E-state index contributed by atoms with van der Waals surface area (Å²) in [6, 6.07) is 5.14. The normalized spacial score (nSPS) is 12.4. The van der Waals surface area contributed by atoms with Gasteiger partial charge in [-0.2, -0.15) is 0 Å². The molecule has 1 heterocycles. The van der Waals surface area contributed by atoms with Crippen LogP contribution >= 0.6 is 0 Å². The standard InChI is InChI=1S/C13H10F3NO/c14-10-2-1-9(12(15)13(10)16)11(18)7-8-3-5-17-6-4-8/h1-6,11,18H,7H2. The molecule has 0 fully saturated rings. The number of aliphatic hydroxyl groups excluding tert-OH is 1. The maximum Gasteiger partial charge on any atom is 0.194 e. The van der Waals surface area contributed by atoms with Gasteiger partial charge in [0, 0.05) is 24.4 Å². The highest BCUT2D eigenvalue weighted by Crippen LogP contribution is 2.24. The van der Waals surface area contributed by atoms with Gasteiger partial charge < -0.3 is 5.11 Å². The fourth-order valence-electron chi connectivity index (χ4n) is 1.65. The van der Waals surface area contributed by atoms with E-state index in [9.17, 15) is 18.3 Å². The Bertz CT molecular complexity index is 545. The maximum atomic E-state index is 13.4. The molecule has 0 bridgehead atoms. The van der Waals surface area contributed by atoms with E-state index in [1.165, 1.54) is 12.4 Å². The van der Waals surface area contributed by atoms with E-state index in [4.69, 9.17) is 0 Å². The van der Waals surface area contributed by atoms with Crippen LogP contribution in [0.5, 0.6) is 0 Å². The van der Waals surface area contributed by atoms with Crippen molar-refractivity contribution in [3.8, 4) is 0 Å². The van der Waals surface area contributed by atoms with Crippen LogP contribution < -0.4 is 0 Å². The third kappa shape index (κ3) is 2.51. The lowest BCUT2D eigenvalue weighted by atomic mass is 10.0. The summed E-state index contributed by atoms with van der Waals surface area (Å²) in [4.78, 5) is 3.80. The van der Waals surface area contributed by atoms with Crippen molar-refractivity contribution in [2.75, 3.05) is 0 Å². The van der Waals surface area contributed by atoms with Crippen LogP contribution in [-0.4, -0.2) is 10.1 Å². The van der Waals surface area contributed by atoms with Gasteiger partial charge in [0.15, 0.2) is 17.5 Å². The van der Waals surface area contributed by atoms with Gasteiger partial charge in [-0.3, -0.25) is 4.98 Å². The van der Waals surface area contributed by atoms with Crippen molar-refractivity contribution in [3.63, 3.8) is 0 Å². The zero-order chi connectivity index (χ0) is 13.1. The summed E-state index contributed by atoms with van der Waals surface area (Å²) in [6.45, 7) is 0. The third-order valence-electron chi connectivity index (χ3n) is 2.60. The topological polar surface area (TPSA) is 33.1 Å². The van der Waals surface area contributed by atoms with Gasteiger partial charge in [-0.25, -0.2) is 13.2 Å². The molecule has 1 atom stereocenters. The Morgan fingerprint density at radius 1 is 1.00 bits per heavy atom. The molecule has 1 aromatic heterocycles. The van der Waals surface area contributed by atoms with Crippen molar-refractivity contribution in [2.45, 2.75) is 12.5 Å². The molecule has 0 aliphatic rings. The van der Waals surface area contributed by atoms with Crippen molar-refractivity contribution in [2.24, 2.45) is 0 Å². The number of hydrogen-bond donors (Lipinski definition) is 1. The molecule has 5 heteroatoms. The Kier molecular flexibility index (Phi) is 3.62. The van der Waals surface area contributed by atoms with Gasteiger partial charge >= 0.3 is 0 Å². The largest absolute Gasteiger partial charge is 0.388 e. The first-order valence-electron chi connectivity index (χ1n) is 5.30. The van der Waals surface area contributed by atoms with Crippen molar-refractivity contribution in [1.82, 2.24) is 4.98 Å². The zero-order valence-electron chi connectivity index (χ0n) is 9.28. The Morgan fingerprint density at radius 2 is 1.67 bits per heavy atom. The summed E-state index contributed by atoms with van der Waals surface area (Å²) in [6.07, 6.45) is 1.93. The monoisotopic (exact) mass is 253 g/mol. The van der Waals surface area contributed by atoms with Crippen LogP contribution in [0.15, 0.2) is 36.7 Å². The van der Waals surface area contributed by atoms with Gasteiger partial charge in [0.05, 0.1) is 6.10 Å². The Hall–Kier alpha value is -1.88. The lowest BCUT2D eigenvalue weighted by Crippen LogP contribution is -2.07. The Labute approximate surface area is 102 Å². The third-order valence-corrected chi connectivity index (χ3v) is 2.60. The van der Waals surface area contributed by atoms with Crippen LogP contribution in [0.2, 0.25) is 0 Å². The van der Waals surface area contributed by atoms with E-state index in [0.29, 0.717) is 0 Å². The molecule has 1 N–H and O–H groups in total. The lowest BCUT2D eigenvalue weighted by Gasteiger charge is -2.12. The number of nitrogens with zero attached hydrogens (tertiary/aromatic N) is 1. The Balaban J connectivity index is 2.24. The maximum absolute atomic E-state index is 13.4. The Morgan fingerprint density at radius 3 is 2.33 bits per heavy atom. The van der Waals surface area contributed by atoms with Gasteiger partial charge in [-0.15, -0.1) is 0 Å². The first kappa shape index (κ1) is 12.6. The van der Waals surface area contributed by atoms with Crippen molar-refractivity contribution >= 4 is 0 Å². The molecule has 1 aromatic carbocycles. The fraction of sp³-hybridized carbons (Fsp3) is 0.154. The van der Waals surface area contributed by atoms with Crippen LogP contribution in [0, 0.1) is 17.5 Å². The van der Waals surface area contributed by atoms with Gasteiger partial charge in [-0.1, -0.05) is 6.07 Å². The smallest absolute Gasteiger partial charge is 0.194 e. The molecule has 0 saturated heterocycles. The first-order chi connectivity index (χ1) is 8.59. The van der Waals surface area contributed by atoms with Crippen LogP contribution in [0.3, 0.4) is 0 Å². The van der Waals surface area contributed by atoms with E-state index in [1.54, 1.807) is 12.1 Å². The van der Waals surface area contributed by atoms with E-state index < -0.39 is 23.6 Å². The predicted octanol–water partition coefficient (Wildman–Crippen LogP) is 2.78. The minimum absolute atomic E-state index is 0.102. The molecule has 2 nitrogen and oxygen atoms in total. The van der Waals surface area contributed by atoms with Crippen molar-refractivity contribution in [1.29, 1.82) is 0 Å². The number of halogens is 3. The molecular formula is C13H10F3NO. The molecule has 18 heavy (non-hydrogen) atoms. The second-order valence-corrected chi connectivity index (χ2v) is 3.84. The van der Waals surface area contributed by atoms with Gasteiger partial charge in [-0.05, 0) is 23.8 Å². The summed E-state index contributed by atoms with van der Waals surface area (Å²) < 4.78 is 39.2. The number of pyridine rings is 1. The van der Waals surface area contributed by atoms with E-state index in [-0.39, 0.29) is 12.0 Å².